The maximum absolute atomic E-state index is 12.7. The number of aryl methyl sites for hydroxylation is 1. The van der Waals surface area contributed by atoms with Gasteiger partial charge in [0.05, 0.1) is 6.42 Å². The topological polar surface area (TPSA) is 108 Å². The molecular weight excluding hydrogens is 348 g/mol. The van der Waals surface area contributed by atoms with Crippen LogP contribution < -0.4 is 0 Å². The van der Waals surface area contributed by atoms with E-state index in [4.69, 9.17) is 0 Å². The lowest BCUT2D eigenvalue weighted by Crippen LogP contribution is -2.40. The molecule has 0 aromatic carbocycles. The van der Waals surface area contributed by atoms with Crippen LogP contribution >= 0.6 is 0 Å². The molecule has 10 nitrogen and oxygen atoms in total. The molecule has 0 aliphatic carbocycles. The van der Waals surface area contributed by atoms with Crippen molar-refractivity contribution in [2.75, 3.05) is 13.1 Å². The second kappa shape index (κ2) is 7.29. The third kappa shape index (κ3) is 3.60. The first-order valence-electron chi connectivity index (χ1n) is 9.03. The van der Waals surface area contributed by atoms with E-state index in [-0.39, 0.29) is 18.2 Å². The summed E-state index contributed by atoms with van der Waals surface area (Å²) in [6.45, 7) is 3.75. The lowest BCUT2D eigenvalue weighted by atomic mass is 9.96. The second-order valence-electron chi connectivity index (χ2n) is 6.89. The fourth-order valence-corrected chi connectivity index (χ4v) is 3.49. The summed E-state index contributed by atoms with van der Waals surface area (Å²) in [5, 5.41) is 20.5. The van der Waals surface area contributed by atoms with Gasteiger partial charge in [0.25, 0.3) is 0 Å². The largest absolute Gasteiger partial charge is 0.342 e. The highest BCUT2D eigenvalue weighted by atomic mass is 16.6. The first-order valence-corrected chi connectivity index (χ1v) is 9.03. The van der Waals surface area contributed by atoms with Crippen molar-refractivity contribution in [2.45, 2.75) is 38.6 Å². The minimum absolute atomic E-state index is 0.0393. The van der Waals surface area contributed by atoms with Gasteiger partial charge in [-0.1, -0.05) is 10.3 Å². The maximum atomic E-state index is 12.7. The van der Waals surface area contributed by atoms with Gasteiger partial charge < -0.3 is 9.47 Å². The first kappa shape index (κ1) is 17.4. The van der Waals surface area contributed by atoms with Crippen molar-refractivity contribution in [1.82, 2.24) is 39.8 Å². The number of likely N-dealkylation sites (tertiary alicyclic amines) is 1. The Hall–Kier alpha value is -3.04. The van der Waals surface area contributed by atoms with Crippen LogP contribution in [0.5, 0.6) is 0 Å². The molecule has 0 spiro atoms. The third-order valence-electron chi connectivity index (χ3n) is 5.07. The van der Waals surface area contributed by atoms with E-state index in [9.17, 15) is 4.79 Å². The summed E-state index contributed by atoms with van der Waals surface area (Å²) in [5.41, 5.74) is 1.26. The summed E-state index contributed by atoms with van der Waals surface area (Å²) in [5.74, 6) is 1.97. The van der Waals surface area contributed by atoms with Crippen LogP contribution in [0.1, 0.15) is 41.8 Å². The fraction of sp³-hybridized carbons (Fsp3) is 0.529. The zero-order valence-electron chi connectivity index (χ0n) is 15.4. The van der Waals surface area contributed by atoms with Crippen molar-refractivity contribution in [3.63, 3.8) is 0 Å². The summed E-state index contributed by atoms with van der Waals surface area (Å²) < 4.78 is 8.52. The van der Waals surface area contributed by atoms with Crippen molar-refractivity contribution >= 4 is 5.91 Å². The average Bonchev–Trinajstić information content (AvgIpc) is 3.40. The van der Waals surface area contributed by atoms with E-state index in [0.717, 1.165) is 31.0 Å². The molecular formula is C17H22N8O2. The van der Waals surface area contributed by atoms with Crippen molar-refractivity contribution < 1.29 is 9.42 Å². The van der Waals surface area contributed by atoms with Gasteiger partial charge in [0.2, 0.25) is 5.91 Å². The number of carbonyl (C=O) groups excluding carboxylic acids is 1. The smallest absolute Gasteiger partial charge is 0.228 e. The Labute approximate surface area is 156 Å². The fourth-order valence-electron chi connectivity index (χ4n) is 3.49. The molecule has 0 saturated carbocycles. The zero-order valence-corrected chi connectivity index (χ0v) is 15.4. The molecule has 1 saturated heterocycles. The number of nitrogens with zero attached hydrogens (tertiary/aromatic N) is 8. The van der Waals surface area contributed by atoms with Gasteiger partial charge in [-0.2, -0.15) is 5.10 Å². The lowest BCUT2D eigenvalue weighted by Gasteiger charge is -2.32. The molecule has 1 aliphatic rings. The summed E-state index contributed by atoms with van der Waals surface area (Å²) in [7, 11) is 1.97. The van der Waals surface area contributed by atoms with Gasteiger partial charge in [-0.15, -0.1) is 10.2 Å². The Kier molecular flexibility index (Phi) is 4.69. The van der Waals surface area contributed by atoms with Gasteiger partial charge in [-0.3, -0.25) is 9.48 Å². The highest BCUT2D eigenvalue weighted by molar-refractivity contribution is 5.78. The second-order valence-corrected chi connectivity index (χ2v) is 6.89. The van der Waals surface area contributed by atoms with Crippen LogP contribution in [-0.4, -0.2) is 58.8 Å². The summed E-state index contributed by atoms with van der Waals surface area (Å²) in [4.78, 5) is 14.5. The Morgan fingerprint density at radius 2 is 2.22 bits per heavy atom. The SMILES string of the molecule is Cc1nonc1CC(=O)N1CCCC(c2nnc(Cn3cccn3)n2C)C1. The standard InChI is InChI=1S/C17H22N8O2/c1-12-14(22-27-21-12)9-16(26)24-7-3-5-13(10-24)17-20-19-15(23(17)2)11-25-8-4-6-18-25/h4,6,8,13H,3,5,7,9-11H2,1-2H3. The van der Waals surface area contributed by atoms with Crippen LogP contribution in [0.15, 0.2) is 23.1 Å². The van der Waals surface area contributed by atoms with E-state index in [1.807, 2.05) is 33.5 Å². The van der Waals surface area contributed by atoms with E-state index in [1.165, 1.54) is 0 Å². The Bertz CT molecular complexity index is 913. The quantitative estimate of drug-likeness (QED) is 0.650. The van der Waals surface area contributed by atoms with Crippen LogP contribution in [0.4, 0.5) is 0 Å². The van der Waals surface area contributed by atoms with Crippen LogP contribution in [0.25, 0.3) is 0 Å². The van der Waals surface area contributed by atoms with Crippen LogP contribution in [0.2, 0.25) is 0 Å². The highest BCUT2D eigenvalue weighted by Gasteiger charge is 2.29. The van der Waals surface area contributed by atoms with Crippen LogP contribution in [0, 0.1) is 6.92 Å². The Morgan fingerprint density at radius 1 is 1.33 bits per heavy atom. The number of hydrogen-bond donors (Lipinski definition) is 0. The molecule has 1 amide bonds. The maximum Gasteiger partial charge on any atom is 0.228 e. The Morgan fingerprint density at radius 3 is 2.96 bits per heavy atom. The van der Waals surface area contributed by atoms with Crippen molar-refractivity contribution in [1.29, 1.82) is 0 Å². The number of aromatic nitrogens is 7. The van der Waals surface area contributed by atoms with Gasteiger partial charge in [-0.25, -0.2) is 4.63 Å². The van der Waals surface area contributed by atoms with Gasteiger partial charge >= 0.3 is 0 Å². The van der Waals surface area contributed by atoms with E-state index in [2.05, 4.69) is 30.2 Å². The number of piperidine rings is 1. The van der Waals surface area contributed by atoms with Crippen molar-refractivity contribution in [3.05, 3.63) is 41.5 Å². The van der Waals surface area contributed by atoms with Crippen LogP contribution in [-0.2, 0) is 24.8 Å². The third-order valence-corrected chi connectivity index (χ3v) is 5.07. The van der Waals surface area contributed by atoms with Gasteiger partial charge in [0.1, 0.15) is 23.8 Å². The van der Waals surface area contributed by atoms with E-state index < -0.39 is 0 Å². The molecule has 3 aromatic heterocycles. The van der Waals surface area contributed by atoms with Gasteiger partial charge in [0.15, 0.2) is 5.82 Å². The van der Waals surface area contributed by atoms with E-state index >= 15 is 0 Å². The molecule has 3 aromatic rings. The highest BCUT2D eigenvalue weighted by Crippen LogP contribution is 2.26. The number of amides is 1. The molecule has 1 atom stereocenters. The minimum Gasteiger partial charge on any atom is -0.342 e. The Balaban J connectivity index is 1.44. The molecule has 142 valence electrons. The summed E-state index contributed by atoms with van der Waals surface area (Å²) in [6, 6.07) is 1.88. The van der Waals surface area contributed by atoms with Crippen LogP contribution in [0.3, 0.4) is 0 Å². The molecule has 0 radical (unpaired) electrons. The van der Waals surface area contributed by atoms with E-state index in [1.54, 1.807) is 13.1 Å². The minimum atomic E-state index is 0.0393. The predicted molar refractivity (Wildman–Crippen MR) is 93.6 cm³/mol. The van der Waals surface area contributed by atoms with Gasteiger partial charge in [-0.05, 0) is 25.8 Å². The number of carbonyl (C=O) groups is 1. The first-order chi connectivity index (χ1) is 13.1. The molecule has 0 bridgehead atoms. The van der Waals surface area contributed by atoms with E-state index in [0.29, 0.717) is 24.5 Å². The molecule has 4 heterocycles. The zero-order chi connectivity index (χ0) is 18.8. The molecule has 4 rings (SSSR count). The number of rotatable bonds is 5. The van der Waals surface area contributed by atoms with Crippen molar-refractivity contribution in [3.8, 4) is 0 Å². The molecule has 1 aliphatic heterocycles. The van der Waals surface area contributed by atoms with Gasteiger partial charge in [0, 0.05) is 38.4 Å². The normalized spacial score (nSPS) is 17.4. The summed E-state index contributed by atoms with van der Waals surface area (Å²) >= 11 is 0. The summed E-state index contributed by atoms with van der Waals surface area (Å²) in [6.07, 6.45) is 5.78. The lowest BCUT2D eigenvalue weighted by molar-refractivity contribution is -0.131. The number of hydrogen-bond acceptors (Lipinski definition) is 7. The molecule has 10 heteroatoms. The molecule has 0 N–H and O–H groups in total. The molecule has 27 heavy (non-hydrogen) atoms. The average molecular weight is 370 g/mol. The predicted octanol–water partition coefficient (Wildman–Crippen LogP) is 0.700. The molecule has 1 fully saturated rings. The monoisotopic (exact) mass is 370 g/mol. The molecule has 1 unspecified atom stereocenters. The van der Waals surface area contributed by atoms with Crippen molar-refractivity contribution in [2.24, 2.45) is 7.05 Å².